The number of hydrogen-bond donors (Lipinski definition) is 1. The zero-order valence-corrected chi connectivity index (χ0v) is 20.0. The Bertz CT molecular complexity index is 1580. The van der Waals surface area contributed by atoms with Crippen LogP contribution in [0.25, 0.3) is 10.9 Å². The fourth-order valence-electron chi connectivity index (χ4n) is 3.31. The van der Waals surface area contributed by atoms with Crippen molar-refractivity contribution in [1.82, 2.24) is 9.19 Å². The van der Waals surface area contributed by atoms with Crippen LogP contribution >= 0.6 is 23.2 Å². The summed E-state index contributed by atoms with van der Waals surface area (Å²) < 4.78 is 55.4. The van der Waals surface area contributed by atoms with Crippen LogP contribution in [0.1, 0.15) is 11.1 Å². The van der Waals surface area contributed by atoms with Gasteiger partial charge in [-0.3, -0.25) is 4.72 Å². The van der Waals surface area contributed by atoms with E-state index in [1.807, 2.05) is 0 Å². The van der Waals surface area contributed by atoms with Gasteiger partial charge in [-0.15, -0.1) is 0 Å². The quantitative estimate of drug-likeness (QED) is 0.408. The minimum atomic E-state index is -4.01. The first-order chi connectivity index (χ1) is 15.0. The van der Waals surface area contributed by atoms with Crippen LogP contribution in [0, 0.1) is 13.8 Å². The lowest BCUT2D eigenvalue weighted by Crippen LogP contribution is -2.16. The highest BCUT2D eigenvalue weighted by Crippen LogP contribution is 2.29. The van der Waals surface area contributed by atoms with Gasteiger partial charge in [0.15, 0.2) is 0 Å². The summed E-state index contributed by atoms with van der Waals surface area (Å²) in [5.74, 6) is 0. The molecule has 7 nitrogen and oxygen atoms in total. The van der Waals surface area contributed by atoms with Gasteiger partial charge in [0.25, 0.3) is 20.0 Å². The molecule has 1 heterocycles. The Hall–Kier alpha value is -2.59. The van der Waals surface area contributed by atoms with Crippen LogP contribution in [0.15, 0.2) is 70.6 Å². The number of nitrogens with one attached hydrogen (secondary N) is 1. The molecule has 0 unspecified atom stereocenters. The topological polar surface area (TPSA) is 98.1 Å². The molecule has 0 aliphatic heterocycles. The summed E-state index contributed by atoms with van der Waals surface area (Å²) in [6.45, 7) is 3.23. The second-order valence-corrected chi connectivity index (χ2v) is 11.3. The lowest BCUT2D eigenvalue weighted by atomic mass is 10.2. The molecule has 1 N–H and O–H groups in total. The maximum Gasteiger partial charge on any atom is 0.283 e. The lowest BCUT2D eigenvalue weighted by molar-refractivity contribution is 0.581. The monoisotopic (exact) mass is 509 g/mol. The molecule has 32 heavy (non-hydrogen) atoms. The van der Waals surface area contributed by atoms with Crippen molar-refractivity contribution < 1.29 is 16.8 Å². The van der Waals surface area contributed by atoms with Crippen molar-refractivity contribution in [3.63, 3.8) is 0 Å². The Kier molecular flexibility index (Phi) is 5.70. The van der Waals surface area contributed by atoms with E-state index in [0.29, 0.717) is 32.1 Å². The van der Waals surface area contributed by atoms with E-state index in [1.165, 1.54) is 36.5 Å². The van der Waals surface area contributed by atoms with Gasteiger partial charge in [-0.2, -0.15) is 17.6 Å². The maximum atomic E-state index is 13.2. The molecule has 4 aromatic rings. The summed E-state index contributed by atoms with van der Waals surface area (Å²) in [4.78, 5) is 0.0935. The third-order valence-electron chi connectivity index (χ3n) is 5.02. The SMILES string of the molecule is Cc1c(Cl)cccc1S(=O)(=O)Nc1ccc2c(cnn2S(=O)(=O)c2cccc(Cl)c2C)c1. The zero-order valence-electron chi connectivity index (χ0n) is 16.9. The third-order valence-corrected chi connectivity index (χ3v) is 9.11. The van der Waals surface area contributed by atoms with Gasteiger partial charge < -0.3 is 0 Å². The Labute approximate surface area is 195 Å². The third kappa shape index (κ3) is 3.86. The minimum Gasteiger partial charge on any atom is -0.280 e. The second-order valence-electron chi connectivity index (χ2n) is 7.10. The molecule has 0 fully saturated rings. The van der Waals surface area contributed by atoms with E-state index in [9.17, 15) is 16.8 Å². The molecular weight excluding hydrogens is 493 g/mol. The number of benzene rings is 3. The van der Waals surface area contributed by atoms with E-state index in [4.69, 9.17) is 23.2 Å². The highest BCUT2D eigenvalue weighted by Gasteiger charge is 2.24. The molecular formula is C21H17Cl2N3O4S2. The van der Waals surface area contributed by atoms with Crippen molar-refractivity contribution in [2.24, 2.45) is 0 Å². The number of sulfonamides is 1. The van der Waals surface area contributed by atoms with Crippen LogP contribution in [0.5, 0.6) is 0 Å². The van der Waals surface area contributed by atoms with Crippen LogP contribution in [-0.4, -0.2) is 26.0 Å². The first-order valence-corrected chi connectivity index (χ1v) is 13.0. The van der Waals surface area contributed by atoms with Crippen molar-refractivity contribution in [1.29, 1.82) is 0 Å². The Morgan fingerprint density at radius 3 is 2.09 bits per heavy atom. The average Bonchev–Trinajstić information content (AvgIpc) is 3.15. The Morgan fingerprint density at radius 1 is 0.844 bits per heavy atom. The van der Waals surface area contributed by atoms with Crippen molar-refractivity contribution in [2.75, 3.05) is 4.72 Å². The van der Waals surface area contributed by atoms with E-state index in [-0.39, 0.29) is 15.5 Å². The van der Waals surface area contributed by atoms with Gasteiger partial charge in [0.05, 0.1) is 21.5 Å². The van der Waals surface area contributed by atoms with Crippen LogP contribution in [0.3, 0.4) is 0 Å². The smallest absolute Gasteiger partial charge is 0.280 e. The van der Waals surface area contributed by atoms with Crippen LogP contribution in [0.2, 0.25) is 10.0 Å². The molecule has 0 atom stereocenters. The Morgan fingerprint density at radius 2 is 1.44 bits per heavy atom. The average molecular weight is 510 g/mol. The molecule has 0 saturated carbocycles. The van der Waals surface area contributed by atoms with E-state index in [2.05, 4.69) is 9.82 Å². The standard InChI is InChI=1S/C21H17Cl2N3O4S2/c1-13-17(22)5-3-7-20(13)31(27,28)25-16-9-10-19-15(11-16)12-24-26(19)32(29,30)21-8-4-6-18(23)14(21)2/h3-12,25H,1-2H3. The first-order valence-electron chi connectivity index (χ1n) is 9.29. The van der Waals surface area contributed by atoms with Crippen molar-refractivity contribution in [2.45, 2.75) is 23.6 Å². The highest BCUT2D eigenvalue weighted by atomic mass is 35.5. The van der Waals surface area contributed by atoms with Gasteiger partial charge >= 0.3 is 0 Å². The predicted molar refractivity (Wildman–Crippen MR) is 126 cm³/mol. The van der Waals surface area contributed by atoms with Crippen LogP contribution < -0.4 is 4.72 Å². The molecule has 0 amide bonds. The van der Waals surface area contributed by atoms with Crippen LogP contribution in [-0.2, 0) is 20.0 Å². The summed E-state index contributed by atoms with van der Waals surface area (Å²) >= 11 is 12.1. The molecule has 0 spiro atoms. The van der Waals surface area contributed by atoms with Gasteiger partial charge in [0.1, 0.15) is 0 Å². The van der Waals surface area contributed by atoms with Gasteiger partial charge in [-0.05, 0) is 67.4 Å². The number of halogens is 2. The highest BCUT2D eigenvalue weighted by molar-refractivity contribution is 7.92. The van der Waals surface area contributed by atoms with Crippen molar-refractivity contribution in [3.8, 4) is 0 Å². The first kappa shape index (κ1) is 22.6. The molecule has 166 valence electrons. The van der Waals surface area contributed by atoms with Gasteiger partial charge in [0, 0.05) is 21.1 Å². The van der Waals surface area contributed by atoms with Crippen molar-refractivity contribution in [3.05, 3.63) is 82.0 Å². The number of aromatic nitrogens is 2. The van der Waals surface area contributed by atoms with Gasteiger partial charge in [-0.1, -0.05) is 35.3 Å². The van der Waals surface area contributed by atoms with E-state index >= 15 is 0 Å². The molecule has 0 saturated heterocycles. The molecule has 0 aliphatic carbocycles. The number of rotatable bonds is 5. The number of anilines is 1. The molecule has 11 heteroatoms. The van der Waals surface area contributed by atoms with E-state index in [0.717, 1.165) is 4.09 Å². The predicted octanol–water partition coefficient (Wildman–Crippen LogP) is 5.00. The summed E-state index contributed by atoms with van der Waals surface area (Å²) in [5.41, 5.74) is 1.40. The van der Waals surface area contributed by atoms with E-state index < -0.39 is 20.0 Å². The van der Waals surface area contributed by atoms with Gasteiger partial charge in [0.2, 0.25) is 0 Å². The molecule has 4 rings (SSSR count). The molecule has 0 radical (unpaired) electrons. The summed E-state index contributed by atoms with van der Waals surface area (Å²) in [7, 11) is -7.91. The number of fused-ring (bicyclic) bond motifs is 1. The second kappa shape index (κ2) is 8.08. The fraction of sp³-hybridized carbons (Fsp3) is 0.0952. The molecule has 1 aromatic heterocycles. The molecule has 0 bridgehead atoms. The summed E-state index contributed by atoms with van der Waals surface area (Å²) in [6.07, 6.45) is 1.36. The maximum absolute atomic E-state index is 13.2. The van der Waals surface area contributed by atoms with Crippen LogP contribution in [0.4, 0.5) is 5.69 Å². The lowest BCUT2D eigenvalue weighted by Gasteiger charge is -2.12. The Balaban J connectivity index is 1.74. The van der Waals surface area contributed by atoms with Gasteiger partial charge in [-0.25, -0.2) is 8.42 Å². The molecule has 3 aromatic carbocycles. The zero-order chi connectivity index (χ0) is 23.3. The summed E-state index contributed by atoms with van der Waals surface area (Å²) in [5, 5.41) is 5.14. The normalized spacial score (nSPS) is 12.2. The van der Waals surface area contributed by atoms with E-state index in [1.54, 1.807) is 38.1 Å². The minimum absolute atomic E-state index is 0.0382. The molecule has 0 aliphatic rings. The largest absolute Gasteiger partial charge is 0.283 e. The fourth-order valence-corrected chi connectivity index (χ4v) is 6.62. The number of hydrogen-bond acceptors (Lipinski definition) is 5. The number of nitrogens with zero attached hydrogens (tertiary/aromatic N) is 2. The van der Waals surface area contributed by atoms with Crippen molar-refractivity contribution >= 4 is 59.8 Å². The summed E-state index contributed by atoms with van der Waals surface area (Å²) in [6, 6.07) is 13.7.